The first kappa shape index (κ1) is 24.4. The van der Waals surface area contributed by atoms with Gasteiger partial charge in [0.25, 0.3) is 0 Å². The first-order chi connectivity index (χ1) is 16.7. The van der Waals surface area contributed by atoms with E-state index in [0.717, 1.165) is 35.3 Å². The number of benzene rings is 1. The van der Waals surface area contributed by atoms with Crippen LogP contribution in [0.25, 0.3) is 0 Å². The SMILES string of the molecule is CC(=O)N[C@H](C(=O)NCc1cnc[nH]1)[C@@H](C)CCC1(C(N)=O)Cc2cccc3c2N1C(=O)CCC3. The minimum Gasteiger partial charge on any atom is -0.368 e. The number of nitrogens with one attached hydrogen (secondary N) is 3. The monoisotopic (exact) mass is 480 g/mol. The summed E-state index contributed by atoms with van der Waals surface area (Å²) in [6.45, 7) is 3.45. The molecule has 35 heavy (non-hydrogen) atoms. The summed E-state index contributed by atoms with van der Waals surface area (Å²) in [6.07, 6.45) is 6.01. The molecule has 10 heteroatoms. The van der Waals surface area contributed by atoms with Crippen LogP contribution in [0.2, 0.25) is 0 Å². The summed E-state index contributed by atoms with van der Waals surface area (Å²) in [5.41, 5.74) is 8.34. The van der Waals surface area contributed by atoms with Gasteiger partial charge in [-0.2, -0.15) is 0 Å². The number of primary amides is 1. The Morgan fingerprint density at radius 2 is 2.03 bits per heavy atom. The maximum absolute atomic E-state index is 13.2. The lowest BCUT2D eigenvalue weighted by atomic mass is 9.83. The number of aromatic nitrogens is 2. The van der Waals surface area contributed by atoms with Gasteiger partial charge in [-0.1, -0.05) is 25.1 Å². The molecule has 0 bridgehead atoms. The van der Waals surface area contributed by atoms with Gasteiger partial charge in [0, 0.05) is 26.0 Å². The minimum atomic E-state index is -1.19. The van der Waals surface area contributed by atoms with Crippen molar-refractivity contribution in [3.8, 4) is 0 Å². The number of carbonyl (C=O) groups is 4. The molecule has 186 valence electrons. The van der Waals surface area contributed by atoms with Crippen LogP contribution in [0.3, 0.4) is 0 Å². The quantitative estimate of drug-likeness (QED) is 0.424. The Balaban J connectivity index is 1.54. The lowest BCUT2D eigenvalue weighted by Crippen LogP contribution is -2.59. The highest BCUT2D eigenvalue weighted by atomic mass is 16.2. The maximum Gasteiger partial charge on any atom is 0.244 e. The van der Waals surface area contributed by atoms with Crippen molar-refractivity contribution in [1.29, 1.82) is 0 Å². The van der Waals surface area contributed by atoms with Gasteiger partial charge < -0.3 is 21.4 Å². The fourth-order valence-electron chi connectivity index (χ4n) is 5.30. The average Bonchev–Trinajstić information content (AvgIpc) is 3.41. The van der Waals surface area contributed by atoms with Crippen molar-refractivity contribution in [2.24, 2.45) is 11.7 Å². The van der Waals surface area contributed by atoms with Gasteiger partial charge in [0.15, 0.2) is 0 Å². The van der Waals surface area contributed by atoms with E-state index in [2.05, 4.69) is 20.6 Å². The highest BCUT2D eigenvalue weighted by Crippen LogP contribution is 2.46. The van der Waals surface area contributed by atoms with Crippen molar-refractivity contribution < 1.29 is 19.2 Å². The molecule has 4 rings (SSSR count). The molecule has 1 aromatic heterocycles. The van der Waals surface area contributed by atoms with Gasteiger partial charge in [-0.15, -0.1) is 0 Å². The van der Waals surface area contributed by atoms with Crippen LogP contribution in [0, 0.1) is 5.92 Å². The molecule has 3 atom stereocenters. The highest BCUT2D eigenvalue weighted by Gasteiger charge is 2.52. The minimum absolute atomic E-state index is 0.101. The van der Waals surface area contributed by atoms with Gasteiger partial charge in [0.2, 0.25) is 23.6 Å². The number of aryl methyl sites for hydroxylation is 1. The van der Waals surface area contributed by atoms with E-state index in [4.69, 9.17) is 5.73 Å². The van der Waals surface area contributed by atoms with Crippen LogP contribution in [-0.4, -0.2) is 45.2 Å². The Labute approximate surface area is 204 Å². The van der Waals surface area contributed by atoms with Crippen LogP contribution in [0.1, 0.15) is 56.4 Å². The summed E-state index contributed by atoms with van der Waals surface area (Å²) in [4.78, 5) is 59.4. The molecule has 3 heterocycles. The van der Waals surface area contributed by atoms with E-state index in [-0.39, 0.29) is 36.6 Å². The van der Waals surface area contributed by atoms with Gasteiger partial charge in [-0.05, 0) is 42.7 Å². The van der Waals surface area contributed by atoms with Crippen molar-refractivity contribution in [3.63, 3.8) is 0 Å². The van der Waals surface area contributed by atoms with Crippen LogP contribution in [0.4, 0.5) is 5.69 Å². The van der Waals surface area contributed by atoms with Gasteiger partial charge in [0.05, 0.1) is 24.3 Å². The summed E-state index contributed by atoms with van der Waals surface area (Å²) < 4.78 is 0. The van der Waals surface area contributed by atoms with Gasteiger partial charge >= 0.3 is 0 Å². The van der Waals surface area contributed by atoms with Crippen LogP contribution >= 0.6 is 0 Å². The molecular weight excluding hydrogens is 448 g/mol. The second-order valence-corrected chi connectivity index (χ2v) is 9.57. The molecule has 0 saturated carbocycles. The van der Waals surface area contributed by atoms with Crippen LogP contribution in [0.5, 0.6) is 0 Å². The highest BCUT2D eigenvalue weighted by molar-refractivity contribution is 6.07. The van der Waals surface area contributed by atoms with E-state index in [0.29, 0.717) is 19.3 Å². The van der Waals surface area contributed by atoms with Crippen LogP contribution in [0.15, 0.2) is 30.7 Å². The summed E-state index contributed by atoms with van der Waals surface area (Å²) in [5, 5.41) is 5.55. The van der Waals surface area contributed by atoms with Crippen molar-refractivity contribution >= 4 is 29.3 Å². The number of aromatic amines is 1. The fourth-order valence-corrected chi connectivity index (χ4v) is 5.30. The summed E-state index contributed by atoms with van der Waals surface area (Å²) in [6, 6.07) is 5.10. The topological polar surface area (TPSA) is 150 Å². The van der Waals surface area contributed by atoms with Crippen molar-refractivity contribution in [2.45, 2.75) is 70.5 Å². The molecule has 2 aliphatic heterocycles. The standard InChI is InChI=1S/C25H32N6O4/c1-15(21(30-16(2)32)23(34)28-13-19-12-27-14-29-19)9-10-25(24(26)35)11-18-7-3-5-17-6-4-8-20(33)31(25)22(17)18/h3,5,7,12,14-15,21H,4,6,8-11,13H2,1-2H3,(H2,26,35)(H,27,29)(H,28,34)(H,30,32)/t15-,21-,25?/m0/s1. The fraction of sp³-hybridized carbons (Fsp3) is 0.480. The molecule has 2 aromatic rings. The number of nitrogens with zero attached hydrogens (tertiary/aromatic N) is 2. The first-order valence-corrected chi connectivity index (χ1v) is 12.0. The predicted molar refractivity (Wildman–Crippen MR) is 129 cm³/mol. The number of hydrogen-bond donors (Lipinski definition) is 4. The number of nitrogens with two attached hydrogens (primary N) is 1. The Hall–Kier alpha value is -3.69. The predicted octanol–water partition coefficient (Wildman–Crippen LogP) is 1.10. The number of imidazole rings is 1. The lowest BCUT2D eigenvalue weighted by molar-refractivity contribution is -0.130. The molecule has 0 fully saturated rings. The average molecular weight is 481 g/mol. The lowest BCUT2D eigenvalue weighted by Gasteiger charge is -2.37. The van der Waals surface area contributed by atoms with Crippen molar-refractivity contribution in [2.75, 3.05) is 4.90 Å². The number of carbonyl (C=O) groups excluding carboxylic acids is 4. The first-order valence-electron chi connectivity index (χ1n) is 12.0. The normalized spacial score (nSPS) is 20.5. The number of anilines is 1. The zero-order valence-corrected chi connectivity index (χ0v) is 20.1. The molecule has 0 saturated heterocycles. The third kappa shape index (κ3) is 4.78. The second kappa shape index (κ2) is 9.89. The summed E-state index contributed by atoms with van der Waals surface area (Å²) >= 11 is 0. The molecule has 0 radical (unpaired) electrons. The summed E-state index contributed by atoms with van der Waals surface area (Å²) in [7, 11) is 0. The zero-order chi connectivity index (χ0) is 25.2. The van der Waals surface area contributed by atoms with Gasteiger partial charge in [-0.25, -0.2) is 4.98 Å². The van der Waals surface area contributed by atoms with E-state index in [9.17, 15) is 19.2 Å². The van der Waals surface area contributed by atoms with Crippen LogP contribution < -0.4 is 21.3 Å². The Kier molecular flexibility index (Phi) is 6.90. The molecular formula is C25H32N6O4. The molecule has 1 aromatic carbocycles. The second-order valence-electron chi connectivity index (χ2n) is 9.57. The van der Waals surface area contributed by atoms with Crippen LogP contribution in [-0.2, 0) is 38.6 Å². The van der Waals surface area contributed by atoms with E-state index < -0.39 is 17.5 Å². The van der Waals surface area contributed by atoms with Crippen molar-refractivity contribution in [3.05, 3.63) is 47.5 Å². The largest absolute Gasteiger partial charge is 0.368 e. The third-order valence-corrected chi connectivity index (χ3v) is 7.11. The Bertz CT molecular complexity index is 1130. The number of para-hydroxylation sites is 1. The van der Waals surface area contributed by atoms with E-state index in [1.165, 1.54) is 13.3 Å². The zero-order valence-electron chi connectivity index (χ0n) is 20.1. The molecule has 4 amide bonds. The number of hydrogen-bond acceptors (Lipinski definition) is 5. The van der Waals surface area contributed by atoms with E-state index in [1.807, 2.05) is 25.1 Å². The van der Waals surface area contributed by atoms with E-state index in [1.54, 1.807) is 11.1 Å². The van der Waals surface area contributed by atoms with E-state index >= 15 is 0 Å². The molecule has 5 N–H and O–H groups in total. The third-order valence-electron chi connectivity index (χ3n) is 7.11. The maximum atomic E-state index is 13.2. The number of H-pyrrole nitrogens is 1. The number of amides is 4. The molecule has 0 spiro atoms. The van der Waals surface area contributed by atoms with Crippen molar-refractivity contribution in [1.82, 2.24) is 20.6 Å². The molecule has 10 nitrogen and oxygen atoms in total. The Morgan fingerprint density at radius 3 is 2.71 bits per heavy atom. The smallest absolute Gasteiger partial charge is 0.244 e. The summed E-state index contributed by atoms with van der Waals surface area (Å²) in [5.74, 6) is -1.64. The molecule has 1 unspecified atom stereocenters. The molecule has 2 aliphatic rings. The van der Waals surface area contributed by atoms with Gasteiger partial charge in [-0.3, -0.25) is 24.1 Å². The molecule has 0 aliphatic carbocycles. The van der Waals surface area contributed by atoms with Gasteiger partial charge in [0.1, 0.15) is 11.6 Å². The Morgan fingerprint density at radius 1 is 1.26 bits per heavy atom. The number of rotatable bonds is 9.